The molecule has 0 unspecified atom stereocenters. The number of imidazole rings is 2. The molecule has 0 radical (unpaired) electrons. The van der Waals surface area contributed by atoms with Crippen LogP contribution in [0.4, 0.5) is 11.9 Å². The molecule has 0 saturated carbocycles. The summed E-state index contributed by atoms with van der Waals surface area (Å²) in [6.07, 6.45) is 6.78. The molecule has 0 atom stereocenters. The number of nitrogens with zero attached hydrogens (tertiary/aromatic N) is 9. The van der Waals surface area contributed by atoms with Gasteiger partial charge in [-0.3, -0.25) is 4.98 Å². The molecule has 7 rings (SSSR count). The Balaban J connectivity index is 0.000000157. The van der Waals surface area contributed by atoms with Crippen LogP contribution in [0.1, 0.15) is 29.6 Å². The Morgan fingerprint density at radius 3 is 2.02 bits per heavy atom. The molecule has 2 N–H and O–H groups in total. The van der Waals surface area contributed by atoms with Crippen molar-refractivity contribution in [1.29, 1.82) is 5.26 Å². The van der Waals surface area contributed by atoms with E-state index in [4.69, 9.17) is 0 Å². The van der Waals surface area contributed by atoms with E-state index in [0.29, 0.717) is 17.6 Å². The van der Waals surface area contributed by atoms with Crippen molar-refractivity contribution in [2.45, 2.75) is 13.3 Å². The van der Waals surface area contributed by atoms with Crippen molar-refractivity contribution < 1.29 is 0 Å². The number of hydrogen-bond donors (Lipinski definition) is 2. The van der Waals surface area contributed by atoms with E-state index in [0.717, 1.165) is 45.6 Å². The highest BCUT2D eigenvalue weighted by Crippen LogP contribution is 2.20. The largest absolute Gasteiger partial charge is 0.312 e. The Bertz CT molecular complexity index is 2090. The van der Waals surface area contributed by atoms with Crippen molar-refractivity contribution in [2.75, 3.05) is 10.9 Å². The first-order chi connectivity index (χ1) is 21.5. The normalized spacial score (nSPS) is 12.5. The maximum atomic E-state index is 9.18. The molecule has 44 heavy (non-hydrogen) atoms. The highest BCUT2D eigenvalue weighted by molar-refractivity contribution is 6.10. The van der Waals surface area contributed by atoms with Crippen LogP contribution in [0, 0.1) is 11.3 Å². The Kier molecular flexibility index (Phi) is 7.88. The molecule has 4 heterocycles. The van der Waals surface area contributed by atoms with Gasteiger partial charge in [-0.05, 0) is 67.4 Å². The van der Waals surface area contributed by atoms with Gasteiger partial charge in [0.25, 0.3) is 0 Å². The fourth-order valence-electron chi connectivity index (χ4n) is 4.75. The van der Waals surface area contributed by atoms with E-state index in [-0.39, 0.29) is 5.71 Å². The average Bonchev–Trinajstić information content (AvgIpc) is 3.76. The summed E-state index contributed by atoms with van der Waals surface area (Å²) < 4.78 is 3.87. The summed E-state index contributed by atoms with van der Waals surface area (Å²) in [5, 5.41) is 17.7. The third kappa shape index (κ3) is 5.77. The van der Waals surface area contributed by atoms with Gasteiger partial charge >= 0.3 is 0 Å². The lowest BCUT2D eigenvalue weighted by atomic mass is 10.1. The number of nitrogens with one attached hydrogen (secondary N) is 2. The molecule has 0 aliphatic heterocycles. The molecule has 4 aromatic heterocycles. The third-order valence-electron chi connectivity index (χ3n) is 7.18. The summed E-state index contributed by atoms with van der Waals surface area (Å²) in [5.41, 5.74) is 14.5. The minimum atomic E-state index is 0.211. The van der Waals surface area contributed by atoms with Gasteiger partial charge in [0.05, 0.1) is 39.2 Å². The van der Waals surface area contributed by atoms with E-state index in [1.807, 2.05) is 96.9 Å². The highest BCUT2D eigenvalue weighted by Gasteiger charge is 2.11. The molecule has 216 valence electrons. The van der Waals surface area contributed by atoms with Gasteiger partial charge in [-0.1, -0.05) is 42.5 Å². The monoisotopic (exact) mass is 579 g/mol. The Labute approximate surface area is 254 Å². The van der Waals surface area contributed by atoms with Crippen LogP contribution < -0.4 is 10.9 Å². The van der Waals surface area contributed by atoms with Crippen LogP contribution in [0.3, 0.4) is 0 Å². The van der Waals surface area contributed by atoms with Gasteiger partial charge in [0.1, 0.15) is 11.8 Å². The number of allylic oxidation sites excluding steroid dienone is 1. The van der Waals surface area contributed by atoms with Crippen LogP contribution >= 0.6 is 0 Å². The van der Waals surface area contributed by atoms with Gasteiger partial charge in [0.15, 0.2) is 5.71 Å². The number of fused-ring (bicyclic) bond motifs is 3. The number of rotatable bonds is 6. The topological polar surface area (TPSA) is 134 Å². The molecule has 1 aliphatic carbocycles. The average molecular weight is 580 g/mol. The van der Waals surface area contributed by atoms with Gasteiger partial charge in [0.2, 0.25) is 11.9 Å². The summed E-state index contributed by atoms with van der Waals surface area (Å²) in [5.74, 6) is 1.28. The van der Waals surface area contributed by atoms with Gasteiger partial charge < -0.3 is 9.13 Å². The molecular weight excluding hydrogens is 550 g/mol. The molecule has 1 aliphatic rings. The van der Waals surface area contributed by atoms with Crippen molar-refractivity contribution >= 4 is 51.5 Å². The number of benzene rings is 2. The molecule has 6 aromatic rings. The van der Waals surface area contributed by atoms with Crippen molar-refractivity contribution in [1.82, 2.24) is 29.1 Å². The number of anilines is 2. The summed E-state index contributed by atoms with van der Waals surface area (Å²) in [6.45, 7) is 1.95. The van der Waals surface area contributed by atoms with Crippen LogP contribution in [0.5, 0.6) is 0 Å². The van der Waals surface area contributed by atoms with Crippen LogP contribution in [-0.2, 0) is 20.5 Å². The predicted octanol–water partition coefficient (Wildman–Crippen LogP) is 5.68. The standard InChI is InChI=1S/C18H17N5.C15H12N6/c1-12(14-11-10-13-6-5-8-15(13)19-14)21-22-18-20-16-7-3-4-9-17(16)23(18)2;1-21-14-8-3-2-7-12(14)18-15(21)20-19-13(10-16)11-6-4-5-9-17-11/h3-5,7-11H,6H2,1-2H3,(H,20,22);2-9H,1H3,(H,18,20)/b21-12+;19-13+. The van der Waals surface area contributed by atoms with E-state index >= 15 is 0 Å². The number of aryl methyl sites for hydroxylation is 2. The second-order valence-electron chi connectivity index (χ2n) is 10.0. The van der Waals surface area contributed by atoms with Crippen molar-refractivity contribution in [3.8, 4) is 6.07 Å². The van der Waals surface area contributed by atoms with Crippen LogP contribution in [0.15, 0.2) is 101 Å². The van der Waals surface area contributed by atoms with E-state index in [1.165, 1.54) is 5.56 Å². The van der Waals surface area contributed by atoms with Crippen molar-refractivity contribution in [2.24, 2.45) is 24.3 Å². The van der Waals surface area contributed by atoms with E-state index < -0.39 is 0 Å². The maximum Gasteiger partial charge on any atom is 0.224 e. The molecule has 11 heteroatoms. The van der Waals surface area contributed by atoms with Crippen LogP contribution in [-0.4, -0.2) is 40.5 Å². The molecule has 2 aromatic carbocycles. The van der Waals surface area contributed by atoms with E-state index in [9.17, 15) is 5.26 Å². The van der Waals surface area contributed by atoms with Crippen LogP contribution in [0.2, 0.25) is 0 Å². The number of hydrazone groups is 2. The lowest BCUT2D eigenvalue weighted by Gasteiger charge is -2.05. The zero-order valence-corrected chi connectivity index (χ0v) is 24.5. The lowest BCUT2D eigenvalue weighted by molar-refractivity contribution is 0.942. The molecule has 0 bridgehead atoms. The third-order valence-corrected chi connectivity index (χ3v) is 7.18. The van der Waals surface area contributed by atoms with Crippen molar-refractivity contribution in [3.63, 3.8) is 0 Å². The molecule has 11 nitrogen and oxygen atoms in total. The fraction of sp³-hybridized carbons (Fsp3) is 0.121. The van der Waals surface area contributed by atoms with Crippen molar-refractivity contribution in [3.05, 3.63) is 114 Å². The Morgan fingerprint density at radius 1 is 0.773 bits per heavy atom. The fourth-order valence-corrected chi connectivity index (χ4v) is 4.75. The predicted molar refractivity (Wildman–Crippen MR) is 174 cm³/mol. The van der Waals surface area contributed by atoms with E-state index in [1.54, 1.807) is 18.3 Å². The quantitative estimate of drug-likeness (QED) is 0.191. The minimum absolute atomic E-state index is 0.211. The lowest BCUT2D eigenvalue weighted by Crippen LogP contribution is -2.06. The summed E-state index contributed by atoms with van der Waals surface area (Å²) in [4.78, 5) is 17.7. The number of pyridine rings is 2. The first kappa shape index (κ1) is 28.0. The summed E-state index contributed by atoms with van der Waals surface area (Å²) in [7, 11) is 3.86. The zero-order chi connectivity index (χ0) is 30.5. The van der Waals surface area contributed by atoms with Gasteiger partial charge in [-0.25, -0.2) is 25.8 Å². The molecule has 0 spiro atoms. The van der Waals surface area contributed by atoms with Gasteiger partial charge in [-0.2, -0.15) is 15.5 Å². The van der Waals surface area contributed by atoms with Gasteiger partial charge in [-0.15, -0.1) is 0 Å². The first-order valence-electron chi connectivity index (χ1n) is 14.0. The molecule has 0 fully saturated rings. The zero-order valence-electron chi connectivity index (χ0n) is 24.5. The summed E-state index contributed by atoms with van der Waals surface area (Å²) in [6, 6.07) is 27.3. The Morgan fingerprint density at radius 2 is 1.41 bits per heavy atom. The SMILES string of the molecule is C/C(=N\Nc1nc2ccccc2n1C)c1ccc2c(n1)C=CC2.Cn1c(N/N=C(\C#N)c2ccccn2)nc2ccccc21. The highest BCUT2D eigenvalue weighted by atomic mass is 15.4. The first-order valence-corrected chi connectivity index (χ1v) is 14.0. The number of hydrogen-bond acceptors (Lipinski definition) is 9. The number of nitriles is 1. The molecular formula is C33H29N11. The van der Waals surface area contributed by atoms with Gasteiger partial charge in [0, 0.05) is 20.3 Å². The molecule has 0 amide bonds. The second kappa shape index (κ2) is 12.4. The Hall–Kier alpha value is -6.15. The number of aromatic nitrogens is 6. The minimum Gasteiger partial charge on any atom is -0.312 e. The number of para-hydroxylation sites is 4. The maximum absolute atomic E-state index is 9.18. The summed E-state index contributed by atoms with van der Waals surface area (Å²) >= 11 is 0. The van der Waals surface area contributed by atoms with Crippen LogP contribution in [0.25, 0.3) is 28.1 Å². The smallest absolute Gasteiger partial charge is 0.224 e. The second-order valence-corrected chi connectivity index (χ2v) is 10.0. The van der Waals surface area contributed by atoms with E-state index in [2.05, 4.69) is 59.2 Å². The molecule has 0 saturated heterocycles.